The summed E-state index contributed by atoms with van der Waals surface area (Å²) in [5.74, 6) is -0.419. The first-order valence-corrected chi connectivity index (χ1v) is 7.67. The molecule has 0 unspecified atom stereocenters. The highest BCUT2D eigenvalue weighted by molar-refractivity contribution is 5.96. The van der Waals surface area contributed by atoms with Crippen LogP contribution in [0.3, 0.4) is 0 Å². The highest BCUT2D eigenvalue weighted by Gasteiger charge is 2.24. The molecule has 1 fully saturated rings. The van der Waals surface area contributed by atoms with E-state index in [-0.39, 0.29) is 17.9 Å². The Kier molecular flexibility index (Phi) is 4.41. The number of hydrogen-bond acceptors (Lipinski definition) is 6. The molecule has 0 saturated heterocycles. The number of rotatable bonds is 5. The lowest BCUT2D eigenvalue weighted by molar-refractivity contribution is 0.0601. The van der Waals surface area contributed by atoms with E-state index >= 15 is 0 Å². The molecule has 0 spiro atoms. The van der Waals surface area contributed by atoms with Crippen LogP contribution in [0.1, 0.15) is 39.4 Å². The number of hydrogen-bond donors (Lipinski definition) is 2. The Morgan fingerprint density at radius 2 is 1.96 bits per heavy atom. The first-order valence-electron chi connectivity index (χ1n) is 7.67. The third kappa shape index (κ3) is 3.68. The largest absolute Gasteiger partial charge is 0.465 e. The second kappa shape index (κ2) is 6.66. The summed E-state index contributed by atoms with van der Waals surface area (Å²) in [5.41, 5.74) is 1.84. The van der Waals surface area contributed by atoms with Crippen molar-refractivity contribution < 1.29 is 14.3 Å². The molecule has 1 heterocycles. The molecular weight excluding hydrogens is 308 g/mol. The number of aryl methyl sites for hydroxylation is 1. The monoisotopic (exact) mass is 326 g/mol. The van der Waals surface area contributed by atoms with E-state index in [1.165, 1.54) is 7.11 Å². The Labute approximate surface area is 139 Å². The molecule has 0 aliphatic heterocycles. The Hall–Kier alpha value is -2.96. The molecule has 0 atom stereocenters. The Bertz CT molecular complexity index is 787. The van der Waals surface area contributed by atoms with Gasteiger partial charge in [-0.1, -0.05) is 12.1 Å². The highest BCUT2D eigenvalue weighted by Crippen LogP contribution is 2.21. The molecule has 1 amide bonds. The van der Waals surface area contributed by atoms with Gasteiger partial charge in [-0.2, -0.15) is 0 Å². The molecule has 1 saturated carbocycles. The number of ether oxygens (including phenoxy) is 1. The van der Waals surface area contributed by atoms with Crippen LogP contribution >= 0.6 is 0 Å². The van der Waals surface area contributed by atoms with E-state index in [2.05, 4.69) is 20.6 Å². The number of esters is 1. The molecular formula is C17H18N4O3. The van der Waals surface area contributed by atoms with E-state index in [0.29, 0.717) is 22.6 Å². The molecule has 2 N–H and O–H groups in total. The van der Waals surface area contributed by atoms with Crippen LogP contribution in [0.25, 0.3) is 0 Å². The van der Waals surface area contributed by atoms with Crippen LogP contribution < -0.4 is 10.6 Å². The number of nitrogens with one attached hydrogen (secondary N) is 2. The molecule has 1 aliphatic rings. The number of nitrogens with zero attached hydrogens (tertiary/aromatic N) is 2. The SMILES string of the molecule is COC(=O)c1ccccc1Nc1nc(C)cc(C(=O)NC2CC2)n1. The maximum atomic E-state index is 12.2. The van der Waals surface area contributed by atoms with Gasteiger partial charge < -0.3 is 15.4 Å². The van der Waals surface area contributed by atoms with Crippen molar-refractivity contribution in [1.82, 2.24) is 15.3 Å². The van der Waals surface area contributed by atoms with Crippen LogP contribution in [0, 0.1) is 6.92 Å². The lowest BCUT2D eigenvalue weighted by Crippen LogP contribution is -2.26. The summed E-state index contributed by atoms with van der Waals surface area (Å²) in [6.45, 7) is 1.78. The molecule has 124 valence electrons. The average Bonchev–Trinajstić information content (AvgIpc) is 3.38. The average molecular weight is 326 g/mol. The van der Waals surface area contributed by atoms with Crippen LogP contribution in [-0.4, -0.2) is 35.0 Å². The van der Waals surface area contributed by atoms with Crippen molar-refractivity contribution >= 4 is 23.5 Å². The van der Waals surface area contributed by atoms with Crippen LogP contribution in [0.4, 0.5) is 11.6 Å². The van der Waals surface area contributed by atoms with Crippen LogP contribution in [0.15, 0.2) is 30.3 Å². The highest BCUT2D eigenvalue weighted by atomic mass is 16.5. The van der Waals surface area contributed by atoms with Gasteiger partial charge in [0.2, 0.25) is 5.95 Å². The van der Waals surface area contributed by atoms with Gasteiger partial charge in [-0.15, -0.1) is 0 Å². The van der Waals surface area contributed by atoms with Crippen molar-refractivity contribution in [2.45, 2.75) is 25.8 Å². The normalized spacial score (nSPS) is 13.2. The van der Waals surface area contributed by atoms with Crippen LogP contribution in [-0.2, 0) is 4.74 Å². The van der Waals surface area contributed by atoms with Crippen molar-refractivity contribution in [1.29, 1.82) is 0 Å². The third-order valence-electron chi connectivity index (χ3n) is 3.58. The first kappa shape index (κ1) is 15.9. The minimum absolute atomic E-state index is 0.215. The molecule has 3 rings (SSSR count). The summed E-state index contributed by atoms with van der Waals surface area (Å²) in [7, 11) is 1.32. The van der Waals surface area contributed by atoms with Gasteiger partial charge in [-0.05, 0) is 38.0 Å². The molecule has 0 radical (unpaired) electrons. The van der Waals surface area contributed by atoms with Crippen molar-refractivity contribution in [3.05, 3.63) is 47.3 Å². The summed E-state index contributed by atoms with van der Waals surface area (Å²) < 4.78 is 4.77. The van der Waals surface area contributed by atoms with E-state index in [1.54, 1.807) is 37.3 Å². The molecule has 1 aromatic carbocycles. The van der Waals surface area contributed by atoms with Gasteiger partial charge in [0.05, 0.1) is 18.4 Å². The number of para-hydroxylation sites is 1. The minimum Gasteiger partial charge on any atom is -0.465 e. The summed E-state index contributed by atoms with van der Waals surface area (Å²) in [6.07, 6.45) is 2.01. The fourth-order valence-corrected chi connectivity index (χ4v) is 2.23. The number of aromatic nitrogens is 2. The Balaban J connectivity index is 1.86. The molecule has 0 bridgehead atoms. The lowest BCUT2D eigenvalue weighted by Gasteiger charge is -2.11. The summed E-state index contributed by atoms with van der Waals surface area (Å²) in [5, 5.41) is 5.89. The number of benzene rings is 1. The number of anilines is 2. The topological polar surface area (TPSA) is 93.2 Å². The Morgan fingerprint density at radius 1 is 1.21 bits per heavy atom. The van der Waals surface area contributed by atoms with Crippen molar-refractivity contribution in [2.75, 3.05) is 12.4 Å². The summed E-state index contributed by atoms with van der Waals surface area (Å²) >= 11 is 0. The van der Waals surface area contributed by atoms with E-state index in [1.807, 2.05) is 0 Å². The smallest absolute Gasteiger partial charge is 0.339 e. The van der Waals surface area contributed by atoms with E-state index in [9.17, 15) is 9.59 Å². The molecule has 1 aromatic heterocycles. The lowest BCUT2D eigenvalue weighted by atomic mass is 10.2. The van der Waals surface area contributed by atoms with E-state index < -0.39 is 5.97 Å². The number of carbonyl (C=O) groups excluding carboxylic acids is 2. The Morgan fingerprint density at radius 3 is 2.67 bits per heavy atom. The fraction of sp³-hybridized carbons (Fsp3) is 0.294. The third-order valence-corrected chi connectivity index (χ3v) is 3.58. The molecule has 7 heteroatoms. The number of carbonyl (C=O) groups is 2. The standard InChI is InChI=1S/C17H18N4O3/c1-10-9-14(15(22)19-11-7-8-11)21-17(18-10)20-13-6-4-3-5-12(13)16(23)24-2/h3-6,9,11H,7-8H2,1-2H3,(H,19,22)(H,18,20,21). The maximum absolute atomic E-state index is 12.2. The van der Waals surface area contributed by atoms with Gasteiger partial charge in [0.15, 0.2) is 0 Å². The number of amides is 1. The van der Waals surface area contributed by atoms with Gasteiger partial charge in [0.1, 0.15) is 5.69 Å². The van der Waals surface area contributed by atoms with Gasteiger partial charge in [0.25, 0.3) is 5.91 Å². The first-order chi connectivity index (χ1) is 11.6. The van der Waals surface area contributed by atoms with Crippen molar-refractivity contribution in [3.63, 3.8) is 0 Å². The van der Waals surface area contributed by atoms with Crippen LogP contribution in [0.2, 0.25) is 0 Å². The van der Waals surface area contributed by atoms with Gasteiger partial charge in [-0.3, -0.25) is 4.79 Å². The summed E-state index contributed by atoms with van der Waals surface area (Å²) in [4.78, 5) is 32.5. The van der Waals surface area contributed by atoms with E-state index in [4.69, 9.17) is 4.74 Å². The van der Waals surface area contributed by atoms with Crippen molar-refractivity contribution in [3.8, 4) is 0 Å². The molecule has 7 nitrogen and oxygen atoms in total. The van der Waals surface area contributed by atoms with Gasteiger partial charge in [-0.25, -0.2) is 14.8 Å². The molecule has 2 aromatic rings. The predicted octanol–water partition coefficient (Wildman–Crippen LogP) is 2.21. The van der Waals surface area contributed by atoms with Gasteiger partial charge in [0, 0.05) is 11.7 Å². The zero-order valence-electron chi connectivity index (χ0n) is 13.5. The quantitative estimate of drug-likeness (QED) is 0.818. The molecule has 1 aliphatic carbocycles. The molecule has 24 heavy (non-hydrogen) atoms. The number of methoxy groups -OCH3 is 1. The van der Waals surface area contributed by atoms with Crippen molar-refractivity contribution in [2.24, 2.45) is 0 Å². The second-order valence-corrected chi connectivity index (χ2v) is 5.63. The predicted molar refractivity (Wildman–Crippen MR) is 88.3 cm³/mol. The minimum atomic E-state index is -0.461. The second-order valence-electron chi connectivity index (χ2n) is 5.63. The fourth-order valence-electron chi connectivity index (χ4n) is 2.23. The zero-order chi connectivity index (χ0) is 17.1. The summed E-state index contributed by atoms with van der Waals surface area (Å²) in [6, 6.07) is 8.78. The zero-order valence-corrected chi connectivity index (χ0v) is 13.5. The van der Waals surface area contributed by atoms with E-state index in [0.717, 1.165) is 12.8 Å². The van der Waals surface area contributed by atoms with Crippen LogP contribution in [0.5, 0.6) is 0 Å². The van der Waals surface area contributed by atoms with Gasteiger partial charge >= 0.3 is 5.97 Å². The maximum Gasteiger partial charge on any atom is 0.339 e.